The number of halogens is 2. The van der Waals surface area contributed by atoms with E-state index in [-0.39, 0.29) is 87.7 Å². The number of carbonyl (C=O) groups excluding carboxylic acids is 1. The number of rotatable bonds is 11. The molecular weight excluding hydrogens is 731 g/mol. The predicted octanol–water partition coefficient (Wildman–Crippen LogP) is 6.73. The number of fused-ring (bicyclic) bond motifs is 4. The number of amides is 2. The molecule has 8 rings (SSSR count). The minimum atomic E-state index is -0.826. The van der Waals surface area contributed by atoms with Gasteiger partial charge in [-0.3, -0.25) is 0 Å². The molecular formula is C43H48F2N8O4. The number of nitrogens with zero attached hydrogens (tertiary/aromatic N) is 7. The van der Waals surface area contributed by atoms with Gasteiger partial charge in [-0.15, -0.1) is 6.42 Å². The van der Waals surface area contributed by atoms with E-state index in [2.05, 4.69) is 45.7 Å². The minimum Gasteiger partial charge on any atom is -0.508 e. The maximum absolute atomic E-state index is 17.4. The summed E-state index contributed by atoms with van der Waals surface area (Å²) in [6.07, 6.45) is 11.2. The van der Waals surface area contributed by atoms with Gasteiger partial charge in [0.1, 0.15) is 34.0 Å². The molecule has 5 heterocycles. The van der Waals surface area contributed by atoms with Crippen LogP contribution in [0.15, 0.2) is 30.2 Å². The van der Waals surface area contributed by atoms with Gasteiger partial charge in [0, 0.05) is 67.2 Å². The van der Waals surface area contributed by atoms with Gasteiger partial charge in [0.25, 0.3) is 0 Å². The van der Waals surface area contributed by atoms with Crippen molar-refractivity contribution < 1.29 is 28.2 Å². The molecule has 2 bridgehead atoms. The van der Waals surface area contributed by atoms with Crippen LogP contribution in [0.2, 0.25) is 0 Å². The van der Waals surface area contributed by atoms with E-state index in [1.807, 2.05) is 9.80 Å². The molecule has 4 atom stereocenters. The number of anilines is 1. The van der Waals surface area contributed by atoms with Gasteiger partial charge in [-0.1, -0.05) is 19.4 Å². The molecule has 2 N–H and O–H groups in total. The van der Waals surface area contributed by atoms with Gasteiger partial charge >= 0.3 is 12.0 Å². The zero-order chi connectivity index (χ0) is 40.2. The first-order valence-corrected chi connectivity index (χ1v) is 19.8. The fourth-order valence-corrected chi connectivity index (χ4v) is 9.22. The lowest BCUT2D eigenvalue weighted by Gasteiger charge is -2.41. The number of likely N-dealkylation sites (tertiary alicyclic amines) is 1. The molecule has 12 nitrogen and oxygen atoms in total. The number of aryl methyl sites for hydroxylation is 1. The maximum atomic E-state index is 17.4. The minimum absolute atomic E-state index is 0.000270. The van der Waals surface area contributed by atoms with Gasteiger partial charge in [0.05, 0.1) is 37.4 Å². The van der Waals surface area contributed by atoms with E-state index in [1.165, 1.54) is 25.7 Å². The number of benzene rings is 1. The lowest BCUT2D eigenvalue weighted by molar-refractivity contribution is 0.163. The monoisotopic (exact) mass is 778 g/mol. The van der Waals surface area contributed by atoms with Crippen LogP contribution >= 0.6 is 0 Å². The van der Waals surface area contributed by atoms with Crippen LogP contribution in [0.5, 0.6) is 17.6 Å². The van der Waals surface area contributed by atoms with Crippen LogP contribution in [0, 0.1) is 46.7 Å². The van der Waals surface area contributed by atoms with Crippen molar-refractivity contribution in [1.82, 2.24) is 30.1 Å². The number of piperazine rings is 1. The highest BCUT2D eigenvalue weighted by molar-refractivity contribution is 5.99. The first-order chi connectivity index (χ1) is 27.4. The van der Waals surface area contributed by atoms with Crippen LogP contribution in [0.3, 0.4) is 0 Å². The van der Waals surface area contributed by atoms with Gasteiger partial charge < -0.3 is 34.6 Å². The quantitative estimate of drug-likeness (QED) is 0.202. The summed E-state index contributed by atoms with van der Waals surface area (Å²) in [6.45, 7) is 12.2. The number of aromatic hydroxyl groups is 1. The SMILES string of the molecule is C#CC1=C(F)CCc2cc(O)cc(-c3nc(OC)c4c(N5CC6CCC(C5)N6C(=O)NC(=C)CC(C)C#N)nc(OCC5(CN6CCC(C)C6)CC5)nc4c3F)c21. The molecule has 4 unspecified atom stereocenters. The topological polar surface area (TPSA) is 140 Å². The fraction of sp³-hybridized carbons (Fsp3) is 0.512. The Labute approximate surface area is 331 Å². The summed E-state index contributed by atoms with van der Waals surface area (Å²) in [5.41, 5.74) is 1.10. The van der Waals surface area contributed by atoms with Crippen molar-refractivity contribution in [1.29, 1.82) is 5.26 Å². The summed E-state index contributed by atoms with van der Waals surface area (Å²) in [6, 6.07) is 4.37. The first-order valence-electron chi connectivity index (χ1n) is 19.8. The van der Waals surface area contributed by atoms with Crippen molar-refractivity contribution >= 4 is 28.3 Å². The number of hydrogen-bond donors (Lipinski definition) is 2. The Morgan fingerprint density at radius 2 is 1.91 bits per heavy atom. The van der Waals surface area contributed by atoms with Gasteiger partial charge in [-0.2, -0.15) is 15.2 Å². The number of ether oxygens (including phenoxy) is 2. The summed E-state index contributed by atoms with van der Waals surface area (Å²) in [5.74, 6) is 1.73. The largest absolute Gasteiger partial charge is 0.508 e. The molecule has 2 aromatic heterocycles. The highest BCUT2D eigenvalue weighted by Crippen LogP contribution is 2.48. The number of phenols is 1. The van der Waals surface area contributed by atoms with E-state index >= 15 is 8.78 Å². The standard InChI is InChI=1S/C43H48F2N8O4/c1-6-31-33(44)10-7-27-16-30(54)17-32(34(27)31)37-36(45)38-35(40(48-37)56-5)39(50-41(49-38)57-23-43(12-13-43)22-51-14-11-24(2)19-51)52-20-28-8-9-29(21-52)53(28)42(55)47-26(4)15-25(3)18-46/h1,16-17,24-25,28-29,54H,4,7-15,19-23H2,2-3,5H3,(H,47,55). The number of phenolic OH excluding ortho intramolecular Hbond substituents is 1. The van der Waals surface area contributed by atoms with Crippen LogP contribution in [0.4, 0.5) is 19.4 Å². The number of terminal acetylenes is 1. The summed E-state index contributed by atoms with van der Waals surface area (Å²) in [7, 11) is 1.42. The number of aromatic nitrogens is 3. The number of allylic oxidation sites excluding steroid dienone is 3. The Hall–Kier alpha value is -5.47. The smallest absolute Gasteiger partial charge is 0.322 e. The molecule has 3 aliphatic heterocycles. The summed E-state index contributed by atoms with van der Waals surface area (Å²) in [4.78, 5) is 34.2. The molecule has 4 fully saturated rings. The lowest BCUT2D eigenvalue weighted by atomic mass is 9.85. The van der Waals surface area contributed by atoms with E-state index in [4.69, 9.17) is 20.9 Å². The molecule has 3 aromatic rings. The van der Waals surface area contributed by atoms with E-state index in [9.17, 15) is 15.2 Å². The average molecular weight is 779 g/mol. The fourth-order valence-electron chi connectivity index (χ4n) is 9.22. The highest BCUT2D eigenvalue weighted by atomic mass is 19.1. The van der Waals surface area contributed by atoms with Crippen molar-refractivity contribution in [3.05, 3.63) is 47.2 Å². The molecule has 5 aliphatic rings. The Bertz CT molecular complexity index is 2250. The molecule has 1 aromatic carbocycles. The van der Waals surface area contributed by atoms with E-state index in [0.717, 1.165) is 45.3 Å². The number of methoxy groups -OCH3 is 1. The van der Waals surface area contributed by atoms with E-state index in [1.54, 1.807) is 6.92 Å². The third-order valence-electron chi connectivity index (χ3n) is 12.2. The average Bonchev–Trinajstić information content (AvgIpc) is 3.75. The molecule has 0 radical (unpaired) electrons. The van der Waals surface area contributed by atoms with Crippen LogP contribution in [0.1, 0.15) is 69.9 Å². The van der Waals surface area contributed by atoms with Crippen LogP contribution in [-0.4, -0.2) is 94.4 Å². The van der Waals surface area contributed by atoms with Crippen LogP contribution < -0.4 is 19.7 Å². The molecule has 2 amide bonds. The summed E-state index contributed by atoms with van der Waals surface area (Å²) < 4.78 is 44.8. The maximum Gasteiger partial charge on any atom is 0.322 e. The summed E-state index contributed by atoms with van der Waals surface area (Å²) in [5, 5.41) is 23.1. The van der Waals surface area contributed by atoms with Crippen LogP contribution in [-0.2, 0) is 6.42 Å². The van der Waals surface area contributed by atoms with Crippen LogP contribution in [0.25, 0.3) is 27.7 Å². The van der Waals surface area contributed by atoms with E-state index < -0.39 is 11.6 Å². The van der Waals surface area contributed by atoms with Crippen molar-refractivity contribution in [2.75, 3.05) is 51.3 Å². The molecule has 298 valence electrons. The van der Waals surface area contributed by atoms with Crippen molar-refractivity contribution in [2.45, 2.75) is 77.3 Å². The molecule has 57 heavy (non-hydrogen) atoms. The Morgan fingerprint density at radius 1 is 1.16 bits per heavy atom. The molecule has 0 spiro atoms. The zero-order valence-corrected chi connectivity index (χ0v) is 32.7. The third-order valence-corrected chi connectivity index (χ3v) is 12.2. The second-order valence-electron chi connectivity index (χ2n) is 16.7. The van der Waals surface area contributed by atoms with Gasteiger partial charge in [0.2, 0.25) is 5.88 Å². The van der Waals surface area contributed by atoms with Crippen molar-refractivity contribution in [3.8, 4) is 47.3 Å². The molecule has 1 saturated carbocycles. The molecule has 3 saturated heterocycles. The van der Waals surface area contributed by atoms with Gasteiger partial charge in [0.15, 0.2) is 5.82 Å². The lowest BCUT2D eigenvalue weighted by Crippen LogP contribution is -2.58. The van der Waals surface area contributed by atoms with Crippen molar-refractivity contribution in [3.63, 3.8) is 0 Å². The Morgan fingerprint density at radius 3 is 2.56 bits per heavy atom. The van der Waals surface area contributed by atoms with Crippen molar-refractivity contribution in [2.24, 2.45) is 17.3 Å². The number of carbonyl (C=O) groups is 1. The second kappa shape index (κ2) is 15.1. The number of nitriles is 1. The highest BCUT2D eigenvalue weighted by Gasteiger charge is 2.47. The Balaban J connectivity index is 1.19. The predicted molar refractivity (Wildman–Crippen MR) is 211 cm³/mol. The second-order valence-corrected chi connectivity index (χ2v) is 16.7. The third kappa shape index (κ3) is 7.32. The number of hydrogen-bond acceptors (Lipinski definition) is 10. The van der Waals surface area contributed by atoms with Gasteiger partial charge in [-0.25, -0.2) is 18.6 Å². The summed E-state index contributed by atoms with van der Waals surface area (Å²) >= 11 is 0. The number of urea groups is 1. The first kappa shape index (κ1) is 38.4. The Kier molecular flexibility index (Phi) is 10.2. The number of nitrogens with one attached hydrogen (secondary N) is 1. The zero-order valence-electron chi connectivity index (χ0n) is 32.7. The van der Waals surface area contributed by atoms with E-state index in [0.29, 0.717) is 54.7 Å². The number of pyridine rings is 1. The van der Waals surface area contributed by atoms with Gasteiger partial charge in [-0.05, 0) is 75.6 Å². The molecule has 14 heteroatoms. The molecule has 2 aliphatic carbocycles. The normalized spacial score (nSPS) is 22.8.